The number of piperazine rings is 1. The molecule has 0 bridgehead atoms. The number of carbonyl (C=O) groups excluding carboxylic acids is 2. The molecule has 1 saturated heterocycles. The first-order valence-corrected chi connectivity index (χ1v) is 9.62. The van der Waals surface area contributed by atoms with E-state index in [2.05, 4.69) is 0 Å². The lowest BCUT2D eigenvalue weighted by atomic mass is 10.2. The summed E-state index contributed by atoms with van der Waals surface area (Å²) in [7, 11) is 0. The summed E-state index contributed by atoms with van der Waals surface area (Å²) < 4.78 is 12.9. The van der Waals surface area contributed by atoms with Crippen LogP contribution in [0.2, 0.25) is 0 Å². The molecule has 2 aromatic rings. The average molecular weight is 372 g/mol. The van der Waals surface area contributed by atoms with Gasteiger partial charge in [0.1, 0.15) is 5.82 Å². The van der Waals surface area contributed by atoms with Crippen LogP contribution >= 0.6 is 11.8 Å². The molecule has 2 amide bonds. The summed E-state index contributed by atoms with van der Waals surface area (Å²) in [5.41, 5.74) is 0.683. The Morgan fingerprint density at radius 2 is 1.50 bits per heavy atom. The van der Waals surface area contributed by atoms with E-state index in [1.807, 2.05) is 35.2 Å². The number of benzene rings is 2. The molecule has 3 rings (SSSR count). The number of thioether (sulfide) groups is 1. The van der Waals surface area contributed by atoms with Crippen LogP contribution in [0.1, 0.15) is 16.8 Å². The van der Waals surface area contributed by atoms with Crippen molar-refractivity contribution in [3.8, 4) is 0 Å². The Morgan fingerprint density at radius 3 is 2.15 bits per heavy atom. The van der Waals surface area contributed by atoms with E-state index in [0.29, 0.717) is 43.9 Å². The molecule has 0 aliphatic carbocycles. The van der Waals surface area contributed by atoms with Crippen LogP contribution in [0.5, 0.6) is 0 Å². The quantitative estimate of drug-likeness (QED) is 0.756. The molecule has 0 atom stereocenters. The van der Waals surface area contributed by atoms with Gasteiger partial charge in [-0.3, -0.25) is 9.59 Å². The SMILES string of the molecule is O=C(CCSc1ccc(F)cc1)N1CCN(C(=O)c2ccccc2)CC1. The number of hydrogen-bond donors (Lipinski definition) is 0. The molecule has 0 unspecified atom stereocenters. The fourth-order valence-corrected chi connectivity index (χ4v) is 3.71. The molecule has 6 heteroatoms. The number of rotatable bonds is 5. The van der Waals surface area contributed by atoms with Crippen molar-refractivity contribution in [2.24, 2.45) is 0 Å². The summed E-state index contributed by atoms with van der Waals surface area (Å²) in [5, 5.41) is 0. The Kier molecular flexibility index (Phi) is 6.28. The summed E-state index contributed by atoms with van der Waals surface area (Å²) in [4.78, 5) is 29.3. The third-order valence-corrected chi connectivity index (χ3v) is 5.35. The Bertz CT molecular complexity index is 744. The predicted molar refractivity (Wildman–Crippen MR) is 101 cm³/mol. The van der Waals surface area contributed by atoms with Crippen LogP contribution in [0.3, 0.4) is 0 Å². The molecular weight excluding hydrogens is 351 g/mol. The van der Waals surface area contributed by atoms with Crippen molar-refractivity contribution in [1.82, 2.24) is 9.80 Å². The minimum Gasteiger partial charge on any atom is -0.339 e. The van der Waals surface area contributed by atoms with Crippen LogP contribution in [-0.2, 0) is 4.79 Å². The molecule has 1 aliphatic rings. The van der Waals surface area contributed by atoms with Gasteiger partial charge in [0, 0.05) is 48.8 Å². The molecule has 1 heterocycles. The van der Waals surface area contributed by atoms with Crippen LogP contribution in [0.15, 0.2) is 59.5 Å². The maximum atomic E-state index is 12.9. The van der Waals surface area contributed by atoms with Crippen LogP contribution in [0.4, 0.5) is 4.39 Å². The fourth-order valence-electron chi connectivity index (χ4n) is 2.87. The van der Waals surface area contributed by atoms with E-state index in [0.717, 1.165) is 4.90 Å². The highest BCUT2D eigenvalue weighted by atomic mass is 32.2. The monoisotopic (exact) mass is 372 g/mol. The van der Waals surface area contributed by atoms with Gasteiger partial charge in [-0.1, -0.05) is 18.2 Å². The molecule has 136 valence electrons. The van der Waals surface area contributed by atoms with Crippen molar-refractivity contribution in [3.05, 3.63) is 66.0 Å². The van der Waals surface area contributed by atoms with E-state index in [1.165, 1.54) is 12.1 Å². The van der Waals surface area contributed by atoms with Crippen molar-refractivity contribution in [1.29, 1.82) is 0 Å². The zero-order chi connectivity index (χ0) is 18.4. The molecule has 0 radical (unpaired) electrons. The van der Waals surface area contributed by atoms with Crippen molar-refractivity contribution >= 4 is 23.6 Å². The van der Waals surface area contributed by atoms with E-state index in [-0.39, 0.29) is 17.6 Å². The lowest BCUT2D eigenvalue weighted by Crippen LogP contribution is -2.50. The van der Waals surface area contributed by atoms with E-state index in [9.17, 15) is 14.0 Å². The van der Waals surface area contributed by atoms with Gasteiger partial charge < -0.3 is 9.80 Å². The maximum Gasteiger partial charge on any atom is 0.253 e. The molecular formula is C20H21FN2O2S. The van der Waals surface area contributed by atoms with Gasteiger partial charge in [-0.15, -0.1) is 11.8 Å². The van der Waals surface area contributed by atoms with Gasteiger partial charge in [0.2, 0.25) is 5.91 Å². The van der Waals surface area contributed by atoms with Crippen LogP contribution < -0.4 is 0 Å². The predicted octanol–water partition coefficient (Wildman–Crippen LogP) is 3.29. The second-order valence-electron chi connectivity index (χ2n) is 6.09. The first-order chi connectivity index (χ1) is 12.6. The molecule has 1 fully saturated rings. The lowest BCUT2D eigenvalue weighted by molar-refractivity contribution is -0.132. The standard InChI is InChI=1S/C20H21FN2O2S/c21-17-6-8-18(9-7-17)26-15-10-19(24)22-11-13-23(14-12-22)20(25)16-4-2-1-3-5-16/h1-9H,10-15H2. The molecule has 26 heavy (non-hydrogen) atoms. The van der Waals surface area contributed by atoms with E-state index in [4.69, 9.17) is 0 Å². The second-order valence-corrected chi connectivity index (χ2v) is 7.26. The molecule has 0 aromatic heterocycles. The summed E-state index contributed by atoms with van der Waals surface area (Å²) in [6, 6.07) is 15.5. The molecule has 4 nitrogen and oxygen atoms in total. The Hall–Kier alpha value is -2.34. The zero-order valence-corrected chi connectivity index (χ0v) is 15.3. The highest BCUT2D eigenvalue weighted by Gasteiger charge is 2.24. The van der Waals surface area contributed by atoms with Crippen molar-refractivity contribution in [3.63, 3.8) is 0 Å². The first kappa shape index (κ1) is 18.5. The van der Waals surface area contributed by atoms with Crippen molar-refractivity contribution in [2.45, 2.75) is 11.3 Å². The normalized spacial score (nSPS) is 14.3. The third kappa shape index (κ3) is 4.85. The van der Waals surface area contributed by atoms with Gasteiger partial charge in [-0.05, 0) is 36.4 Å². The van der Waals surface area contributed by atoms with Crippen molar-refractivity contribution < 1.29 is 14.0 Å². The van der Waals surface area contributed by atoms with Crippen LogP contribution in [-0.4, -0.2) is 53.5 Å². The Labute approximate surface area is 157 Å². The number of amides is 2. The Morgan fingerprint density at radius 1 is 0.885 bits per heavy atom. The third-order valence-electron chi connectivity index (χ3n) is 4.34. The number of carbonyl (C=O) groups is 2. The minimum absolute atomic E-state index is 0.0181. The highest BCUT2D eigenvalue weighted by Crippen LogP contribution is 2.19. The number of hydrogen-bond acceptors (Lipinski definition) is 3. The summed E-state index contributed by atoms with van der Waals surface area (Å²) in [6.07, 6.45) is 0.439. The first-order valence-electron chi connectivity index (χ1n) is 8.64. The fraction of sp³-hybridized carbons (Fsp3) is 0.300. The minimum atomic E-state index is -0.256. The maximum absolute atomic E-state index is 12.9. The van der Waals surface area contributed by atoms with Gasteiger partial charge >= 0.3 is 0 Å². The molecule has 0 saturated carbocycles. The zero-order valence-electron chi connectivity index (χ0n) is 14.4. The van der Waals surface area contributed by atoms with E-state index in [1.54, 1.807) is 28.8 Å². The van der Waals surface area contributed by atoms with E-state index < -0.39 is 0 Å². The summed E-state index contributed by atoms with van der Waals surface area (Å²) in [5.74, 6) is 0.525. The van der Waals surface area contributed by atoms with E-state index >= 15 is 0 Å². The number of nitrogens with zero attached hydrogens (tertiary/aromatic N) is 2. The summed E-state index contributed by atoms with van der Waals surface area (Å²) >= 11 is 1.55. The van der Waals surface area contributed by atoms with Gasteiger partial charge in [-0.2, -0.15) is 0 Å². The smallest absolute Gasteiger partial charge is 0.253 e. The second kappa shape index (κ2) is 8.85. The summed E-state index contributed by atoms with van der Waals surface area (Å²) in [6.45, 7) is 2.26. The van der Waals surface area contributed by atoms with Crippen LogP contribution in [0, 0.1) is 5.82 Å². The highest BCUT2D eigenvalue weighted by molar-refractivity contribution is 7.99. The lowest BCUT2D eigenvalue weighted by Gasteiger charge is -2.35. The Balaban J connectivity index is 1.42. The van der Waals surface area contributed by atoms with Gasteiger partial charge in [0.25, 0.3) is 5.91 Å². The van der Waals surface area contributed by atoms with Gasteiger partial charge in [0.15, 0.2) is 0 Å². The topological polar surface area (TPSA) is 40.6 Å². The molecule has 0 N–H and O–H groups in total. The van der Waals surface area contributed by atoms with Crippen LogP contribution in [0.25, 0.3) is 0 Å². The molecule has 0 spiro atoms. The van der Waals surface area contributed by atoms with Gasteiger partial charge in [-0.25, -0.2) is 4.39 Å². The van der Waals surface area contributed by atoms with Gasteiger partial charge in [0.05, 0.1) is 0 Å². The molecule has 1 aliphatic heterocycles. The molecule has 2 aromatic carbocycles. The largest absolute Gasteiger partial charge is 0.339 e. The number of halogens is 1. The van der Waals surface area contributed by atoms with Crippen molar-refractivity contribution in [2.75, 3.05) is 31.9 Å². The average Bonchev–Trinajstić information content (AvgIpc) is 2.69.